The van der Waals surface area contributed by atoms with Crippen molar-refractivity contribution >= 4 is 0 Å². The zero-order valence-electron chi connectivity index (χ0n) is 12.8. The Balaban J connectivity index is 1.75. The monoisotopic (exact) mass is 277 g/mol. The molecule has 1 aromatic carbocycles. The lowest BCUT2D eigenvalue weighted by Gasteiger charge is -2.29. The predicted octanol–water partition coefficient (Wildman–Crippen LogP) is 1.42. The van der Waals surface area contributed by atoms with E-state index >= 15 is 0 Å². The van der Waals surface area contributed by atoms with E-state index in [1.165, 1.54) is 18.7 Å². The van der Waals surface area contributed by atoms with Crippen LogP contribution in [0.25, 0.3) is 0 Å². The summed E-state index contributed by atoms with van der Waals surface area (Å²) >= 11 is 0. The molecule has 1 aromatic rings. The van der Waals surface area contributed by atoms with Gasteiger partial charge in [0.05, 0.1) is 6.61 Å². The van der Waals surface area contributed by atoms with Crippen LogP contribution >= 0.6 is 0 Å². The lowest BCUT2D eigenvalue weighted by molar-refractivity contribution is 0.202. The van der Waals surface area contributed by atoms with Crippen molar-refractivity contribution < 1.29 is 4.74 Å². The van der Waals surface area contributed by atoms with E-state index in [9.17, 15) is 0 Å². The number of piperazine rings is 1. The van der Waals surface area contributed by atoms with Gasteiger partial charge in [-0.05, 0) is 31.7 Å². The first-order chi connectivity index (χ1) is 9.78. The molecule has 0 aliphatic carbocycles. The first kappa shape index (κ1) is 15.3. The summed E-state index contributed by atoms with van der Waals surface area (Å²) in [7, 11) is 2.19. The van der Waals surface area contributed by atoms with Gasteiger partial charge in [0.2, 0.25) is 0 Å². The number of hydrogen-bond acceptors (Lipinski definition) is 4. The first-order valence-corrected chi connectivity index (χ1v) is 7.61. The molecule has 0 spiro atoms. The largest absolute Gasteiger partial charge is 0.494 e. The van der Waals surface area contributed by atoms with E-state index in [2.05, 4.69) is 40.4 Å². The maximum Gasteiger partial charge on any atom is 0.119 e. The lowest BCUT2D eigenvalue weighted by Crippen LogP contribution is -2.45. The normalized spacial score (nSPS) is 16.6. The van der Waals surface area contributed by atoms with E-state index in [4.69, 9.17) is 4.74 Å². The number of rotatable bonds is 7. The standard InChI is InChI=1S/C16H27N3O/c1-3-20-16-6-4-5-15(13-16)14-18(2)11-12-19-9-7-17-8-10-19/h4-6,13,17H,3,7-12,14H2,1-2H3. The number of nitrogens with zero attached hydrogens (tertiary/aromatic N) is 2. The second-order valence-electron chi connectivity index (χ2n) is 5.41. The van der Waals surface area contributed by atoms with Crippen LogP contribution in [-0.4, -0.2) is 62.7 Å². The zero-order chi connectivity index (χ0) is 14.2. The number of ether oxygens (including phenoxy) is 1. The minimum Gasteiger partial charge on any atom is -0.494 e. The van der Waals surface area contributed by atoms with Crippen LogP contribution in [0.15, 0.2) is 24.3 Å². The van der Waals surface area contributed by atoms with Crippen molar-refractivity contribution in [3.8, 4) is 5.75 Å². The molecule has 4 heteroatoms. The maximum atomic E-state index is 5.55. The van der Waals surface area contributed by atoms with Crippen molar-refractivity contribution in [2.75, 3.05) is 52.9 Å². The van der Waals surface area contributed by atoms with E-state index in [0.29, 0.717) is 0 Å². The Labute approximate surface area is 122 Å². The molecule has 2 rings (SSSR count). The van der Waals surface area contributed by atoms with E-state index in [1.54, 1.807) is 0 Å². The molecule has 0 saturated carbocycles. The summed E-state index contributed by atoms with van der Waals surface area (Å²) in [5.74, 6) is 0.973. The second-order valence-corrected chi connectivity index (χ2v) is 5.41. The van der Waals surface area contributed by atoms with E-state index in [1.807, 2.05) is 13.0 Å². The fourth-order valence-corrected chi connectivity index (χ4v) is 2.54. The summed E-state index contributed by atoms with van der Waals surface area (Å²) in [4.78, 5) is 4.91. The van der Waals surface area contributed by atoms with Crippen LogP contribution in [0.5, 0.6) is 5.75 Å². The minimum atomic E-state index is 0.724. The average Bonchev–Trinajstić information content (AvgIpc) is 2.47. The quantitative estimate of drug-likeness (QED) is 0.816. The molecule has 20 heavy (non-hydrogen) atoms. The molecule has 1 aliphatic rings. The molecule has 1 aliphatic heterocycles. The molecule has 112 valence electrons. The summed E-state index contributed by atoms with van der Waals surface area (Å²) in [6.45, 7) is 10.6. The Bertz CT molecular complexity index is 391. The van der Waals surface area contributed by atoms with Gasteiger partial charge in [-0.15, -0.1) is 0 Å². The molecule has 0 atom stereocenters. The summed E-state index contributed by atoms with van der Waals surface area (Å²) in [5, 5.41) is 3.39. The molecule has 1 heterocycles. The summed E-state index contributed by atoms with van der Waals surface area (Å²) in [5.41, 5.74) is 1.32. The third-order valence-corrected chi connectivity index (χ3v) is 3.67. The van der Waals surface area contributed by atoms with Crippen molar-refractivity contribution in [1.82, 2.24) is 15.1 Å². The van der Waals surface area contributed by atoms with Gasteiger partial charge >= 0.3 is 0 Å². The molecular weight excluding hydrogens is 250 g/mol. The summed E-state index contributed by atoms with van der Waals surface area (Å²) < 4.78 is 5.55. The van der Waals surface area contributed by atoms with Gasteiger partial charge in [-0.2, -0.15) is 0 Å². The minimum absolute atomic E-state index is 0.724. The fourth-order valence-electron chi connectivity index (χ4n) is 2.54. The Morgan fingerprint density at radius 2 is 2.10 bits per heavy atom. The maximum absolute atomic E-state index is 5.55. The highest BCUT2D eigenvalue weighted by Crippen LogP contribution is 2.14. The molecule has 0 unspecified atom stereocenters. The summed E-state index contributed by atoms with van der Waals surface area (Å²) in [6, 6.07) is 8.41. The zero-order valence-corrected chi connectivity index (χ0v) is 12.8. The third-order valence-electron chi connectivity index (χ3n) is 3.67. The first-order valence-electron chi connectivity index (χ1n) is 7.61. The molecule has 1 N–H and O–H groups in total. The Kier molecular flexibility index (Phi) is 6.30. The van der Waals surface area contributed by atoms with Crippen molar-refractivity contribution in [2.24, 2.45) is 0 Å². The third kappa shape index (κ3) is 5.12. The predicted molar refractivity (Wildman–Crippen MR) is 83.3 cm³/mol. The van der Waals surface area contributed by atoms with Crippen LogP contribution < -0.4 is 10.1 Å². The number of nitrogens with one attached hydrogen (secondary N) is 1. The Morgan fingerprint density at radius 1 is 1.30 bits per heavy atom. The van der Waals surface area contributed by atoms with Crippen LogP contribution in [0.3, 0.4) is 0 Å². The van der Waals surface area contributed by atoms with Gasteiger partial charge in [0.1, 0.15) is 5.75 Å². The van der Waals surface area contributed by atoms with Crippen LogP contribution in [0.2, 0.25) is 0 Å². The Hall–Kier alpha value is -1.10. The van der Waals surface area contributed by atoms with Crippen molar-refractivity contribution in [3.05, 3.63) is 29.8 Å². The highest BCUT2D eigenvalue weighted by atomic mass is 16.5. The molecule has 0 aromatic heterocycles. The molecule has 0 amide bonds. The molecule has 1 fully saturated rings. The van der Waals surface area contributed by atoms with E-state index < -0.39 is 0 Å². The van der Waals surface area contributed by atoms with Crippen molar-refractivity contribution in [1.29, 1.82) is 0 Å². The van der Waals surface area contributed by atoms with E-state index in [-0.39, 0.29) is 0 Å². The molecule has 4 nitrogen and oxygen atoms in total. The molecule has 1 saturated heterocycles. The Morgan fingerprint density at radius 3 is 2.85 bits per heavy atom. The molecule has 0 bridgehead atoms. The van der Waals surface area contributed by atoms with Crippen LogP contribution in [0, 0.1) is 0 Å². The van der Waals surface area contributed by atoms with Gasteiger partial charge in [-0.25, -0.2) is 0 Å². The average molecular weight is 277 g/mol. The highest BCUT2D eigenvalue weighted by molar-refractivity contribution is 5.28. The number of benzene rings is 1. The number of likely N-dealkylation sites (N-methyl/N-ethyl adjacent to an activating group) is 1. The van der Waals surface area contributed by atoms with E-state index in [0.717, 1.165) is 45.1 Å². The van der Waals surface area contributed by atoms with Gasteiger partial charge in [0.15, 0.2) is 0 Å². The molecule has 0 radical (unpaired) electrons. The smallest absolute Gasteiger partial charge is 0.119 e. The second kappa shape index (κ2) is 8.25. The highest BCUT2D eigenvalue weighted by Gasteiger charge is 2.10. The summed E-state index contributed by atoms with van der Waals surface area (Å²) in [6.07, 6.45) is 0. The molecular formula is C16H27N3O. The van der Waals surface area contributed by atoms with Crippen molar-refractivity contribution in [2.45, 2.75) is 13.5 Å². The lowest BCUT2D eigenvalue weighted by atomic mass is 10.2. The number of hydrogen-bond donors (Lipinski definition) is 1. The van der Waals surface area contributed by atoms with Gasteiger partial charge in [-0.3, -0.25) is 4.90 Å². The van der Waals surface area contributed by atoms with Crippen molar-refractivity contribution in [3.63, 3.8) is 0 Å². The van der Waals surface area contributed by atoms with Gasteiger partial charge in [-0.1, -0.05) is 12.1 Å². The van der Waals surface area contributed by atoms with Gasteiger partial charge in [0.25, 0.3) is 0 Å². The topological polar surface area (TPSA) is 27.7 Å². The fraction of sp³-hybridized carbons (Fsp3) is 0.625. The van der Waals surface area contributed by atoms with Crippen LogP contribution in [0.1, 0.15) is 12.5 Å². The van der Waals surface area contributed by atoms with Gasteiger partial charge < -0.3 is 15.0 Å². The van der Waals surface area contributed by atoms with Crippen LogP contribution in [-0.2, 0) is 6.54 Å². The SMILES string of the molecule is CCOc1cccc(CN(C)CCN2CCNCC2)c1. The van der Waals surface area contributed by atoms with Gasteiger partial charge in [0, 0.05) is 45.8 Å². The van der Waals surface area contributed by atoms with Crippen LogP contribution in [0.4, 0.5) is 0 Å².